The zero-order valence-corrected chi connectivity index (χ0v) is 9.56. The highest BCUT2D eigenvalue weighted by atomic mass is 16.6. The monoisotopic (exact) mass is 239 g/mol. The molecule has 0 aromatic heterocycles. The van der Waals surface area contributed by atoms with Crippen molar-refractivity contribution in [1.29, 1.82) is 1.43 Å². The molecule has 0 atom stereocenters. The maximum atomic E-state index is 8.43. The molecule has 0 fully saturated rings. The number of hydrogen-bond acceptors (Lipinski definition) is 6. The predicted octanol–water partition coefficient (Wildman–Crippen LogP) is -0.963. The molecule has 0 unspecified atom stereocenters. The molecule has 0 rings (SSSR count). The van der Waals surface area contributed by atoms with Crippen LogP contribution in [-0.4, -0.2) is 77.7 Å². The van der Waals surface area contributed by atoms with Crippen LogP contribution in [0.25, 0.3) is 0 Å². The van der Waals surface area contributed by atoms with Gasteiger partial charge in [0.1, 0.15) is 0 Å². The van der Waals surface area contributed by atoms with Gasteiger partial charge in [-0.25, -0.2) is 0 Å². The molecule has 0 aliphatic heterocycles. The van der Waals surface area contributed by atoms with Gasteiger partial charge in [0.15, 0.2) is 0 Å². The minimum atomic E-state index is 0.0361. The molecule has 0 heterocycles. The molecule has 6 heteroatoms. The summed E-state index contributed by atoms with van der Waals surface area (Å²) in [5.41, 5.74) is 0. The Morgan fingerprint density at radius 3 is 1.38 bits per heavy atom. The summed E-state index contributed by atoms with van der Waals surface area (Å²) in [6.07, 6.45) is 0. The molecule has 2 N–H and O–H groups in total. The molecule has 0 aromatic carbocycles. The number of rotatable bonds is 14. The van der Waals surface area contributed by atoms with E-state index in [2.05, 4.69) is 5.11 Å². The molecular formula is C10H22O6. The van der Waals surface area contributed by atoms with Crippen LogP contribution in [-0.2, 0) is 18.9 Å². The van der Waals surface area contributed by atoms with Gasteiger partial charge in [-0.1, -0.05) is 0 Å². The molecule has 6 nitrogen and oxygen atoms in total. The summed E-state index contributed by atoms with van der Waals surface area (Å²) in [6.45, 7) is 4.07. The molecule has 0 aliphatic rings. The van der Waals surface area contributed by atoms with Crippen LogP contribution in [0, 0.1) is 0 Å². The third kappa shape index (κ3) is 13.8. The normalized spacial score (nSPS) is 11.7. The van der Waals surface area contributed by atoms with Crippen LogP contribution >= 0.6 is 0 Å². The zero-order valence-electron chi connectivity index (χ0n) is 10.6. The lowest BCUT2D eigenvalue weighted by Crippen LogP contribution is -2.13. The summed E-state index contributed by atoms with van der Waals surface area (Å²) in [6, 6.07) is 0. The smallest absolute Gasteiger partial charge is 0.210 e. The van der Waals surface area contributed by atoms with Crippen molar-refractivity contribution >= 4 is 0 Å². The van der Waals surface area contributed by atoms with Gasteiger partial charge in [0.05, 0.1) is 66.1 Å². The molecule has 0 bridgehead atoms. The van der Waals surface area contributed by atoms with Gasteiger partial charge in [0, 0.05) is 0 Å². The SMILES string of the molecule is [2H]OCCOCCOCCOCCOCCO. The second kappa shape index (κ2) is 14.8. The van der Waals surface area contributed by atoms with Gasteiger partial charge in [-0.05, 0) is 0 Å². The van der Waals surface area contributed by atoms with Crippen molar-refractivity contribution in [2.24, 2.45) is 0 Å². The van der Waals surface area contributed by atoms with E-state index < -0.39 is 0 Å². The number of hydrogen-bond donors (Lipinski definition) is 2. The van der Waals surface area contributed by atoms with E-state index >= 15 is 0 Å². The fourth-order valence-electron chi connectivity index (χ4n) is 0.885. The summed E-state index contributed by atoms with van der Waals surface area (Å²) in [4.78, 5) is 0. The quantitative estimate of drug-likeness (QED) is 0.380. The summed E-state index contributed by atoms with van der Waals surface area (Å²) < 4.78 is 26.9. The lowest BCUT2D eigenvalue weighted by molar-refractivity contribution is -0.00856. The fourth-order valence-corrected chi connectivity index (χ4v) is 0.885. The van der Waals surface area contributed by atoms with Crippen LogP contribution in [0.15, 0.2) is 0 Å². The van der Waals surface area contributed by atoms with Crippen molar-refractivity contribution < 1.29 is 29.2 Å². The lowest BCUT2D eigenvalue weighted by Gasteiger charge is -2.06. The largest absolute Gasteiger partial charge is 0.394 e. The van der Waals surface area contributed by atoms with E-state index in [-0.39, 0.29) is 13.2 Å². The van der Waals surface area contributed by atoms with Crippen molar-refractivity contribution in [3.8, 4) is 0 Å². The first-order chi connectivity index (χ1) is 8.41. The summed E-state index contributed by atoms with van der Waals surface area (Å²) in [5.74, 6) is 0. The fraction of sp³-hybridized carbons (Fsp3) is 1.00. The van der Waals surface area contributed by atoms with Crippen LogP contribution in [0.2, 0.25) is 0 Å². The molecular weight excluding hydrogens is 216 g/mol. The van der Waals surface area contributed by atoms with E-state index in [0.29, 0.717) is 52.9 Å². The maximum absolute atomic E-state index is 8.43. The Balaban J connectivity index is 2.85. The average molecular weight is 239 g/mol. The summed E-state index contributed by atoms with van der Waals surface area (Å²) >= 11 is 0. The zero-order chi connectivity index (χ0) is 12.6. The van der Waals surface area contributed by atoms with Gasteiger partial charge < -0.3 is 29.2 Å². The van der Waals surface area contributed by atoms with E-state index in [1.165, 1.54) is 0 Å². The van der Waals surface area contributed by atoms with Gasteiger partial charge in [0.25, 0.3) is 0 Å². The van der Waals surface area contributed by atoms with E-state index in [1.54, 1.807) is 0 Å². The van der Waals surface area contributed by atoms with Gasteiger partial charge in [-0.3, -0.25) is 0 Å². The highest BCUT2D eigenvalue weighted by Crippen LogP contribution is 1.82. The first-order valence-electron chi connectivity index (χ1n) is 5.82. The molecule has 0 amide bonds. The van der Waals surface area contributed by atoms with Crippen molar-refractivity contribution in [3.63, 3.8) is 0 Å². The lowest BCUT2D eigenvalue weighted by atomic mass is 10.7. The van der Waals surface area contributed by atoms with E-state index in [4.69, 9.17) is 25.5 Å². The first kappa shape index (κ1) is 13.8. The minimum absolute atomic E-state index is 0.0361. The maximum Gasteiger partial charge on any atom is 0.210 e. The summed E-state index contributed by atoms with van der Waals surface area (Å²) in [5, 5.41) is 12.5. The third-order valence-corrected chi connectivity index (χ3v) is 1.58. The summed E-state index contributed by atoms with van der Waals surface area (Å²) in [7, 11) is 0. The van der Waals surface area contributed by atoms with Crippen LogP contribution < -0.4 is 0 Å². The number of aliphatic hydroxyl groups is 2. The Labute approximate surface area is 97.6 Å². The molecule has 16 heavy (non-hydrogen) atoms. The first-order valence-corrected chi connectivity index (χ1v) is 5.41. The van der Waals surface area contributed by atoms with Crippen LogP contribution in [0.4, 0.5) is 0 Å². The van der Waals surface area contributed by atoms with Gasteiger partial charge in [0.2, 0.25) is 1.43 Å². The van der Waals surface area contributed by atoms with E-state index in [9.17, 15) is 0 Å². The Kier molecular flexibility index (Phi) is 12.8. The molecule has 0 aliphatic carbocycles. The molecule has 0 aromatic rings. The number of ether oxygens (including phenoxy) is 4. The second-order valence-corrected chi connectivity index (χ2v) is 2.88. The topological polar surface area (TPSA) is 77.4 Å². The van der Waals surface area contributed by atoms with Crippen molar-refractivity contribution in [2.45, 2.75) is 0 Å². The van der Waals surface area contributed by atoms with Crippen LogP contribution in [0.5, 0.6) is 0 Å². The Morgan fingerprint density at radius 1 is 0.625 bits per heavy atom. The van der Waals surface area contributed by atoms with Crippen molar-refractivity contribution in [1.82, 2.24) is 0 Å². The molecule has 0 radical (unpaired) electrons. The Hall–Kier alpha value is -0.240. The Bertz CT molecular complexity index is 124. The highest BCUT2D eigenvalue weighted by molar-refractivity contribution is 4.34. The highest BCUT2D eigenvalue weighted by Gasteiger charge is 1.91. The molecule has 0 saturated carbocycles. The predicted molar refractivity (Wildman–Crippen MR) is 57.4 cm³/mol. The average Bonchev–Trinajstić information content (AvgIpc) is 2.35. The van der Waals surface area contributed by atoms with Crippen LogP contribution in [0.3, 0.4) is 0 Å². The van der Waals surface area contributed by atoms with E-state index in [1.807, 2.05) is 0 Å². The molecule has 0 saturated heterocycles. The molecule has 98 valence electrons. The van der Waals surface area contributed by atoms with E-state index in [0.717, 1.165) is 0 Å². The number of aliphatic hydroxyl groups excluding tert-OH is 2. The Morgan fingerprint density at radius 2 is 1.00 bits per heavy atom. The minimum Gasteiger partial charge on any atom is -0.394 e. The van der Waals surface area contributed by atoms with Gasteiger partial charge in [-0.15, -0.1) is 0 Å². The third-order valence-electron chi connectivity index (χ3n) is 1.58. The van der Waals surface area contributed by atoms with Crippen molar-refractivity contribution in [3.05, 3.63) is 0 Å². The second-order valence-electron chi connectivity index (χ2n) is 2.88. The van der Waals surface area contributed by atoms with Gasteiger partial charge >= 0.3 is 0 Å². The molecule has 0 spiro atoms. The van der Waals surface area contributed by atoms with Crippen LogP contribution in [0.1, 0.15) is 0 Å². The van der Waals surface area contributed by atoms with Gasteiger partial charge in [-0.2, -0.15) is 0 Å². The standard InChI is InChI=1S/C10H22O6/c11-1-3-13-5-7-15-9-10-16-8-6-14-4-2-12/h11-12H,1-10H2/i11D. The van der Waals surface area contributed by atoms with Crippen molar-refractivity contribution in [2.75, 3.05) is 66.1 Å².